The summed E-state index contributed by atoms with van der Waals surface area (Å²) in [7, 11) is 0. The summed E-state index contributed by atoms with van der Waals surface area (Å²) in [5.74, 6) is 0.896. The summed E-state index contributed by atoms with van der Waals surface area (Å²) in [6.07, 6.45) is 7.64. The van der Waals surface area contributed by atoms with Gasteiger partial charge < -0.3 is 4.74 Å². The average Bonchev–Trinajstić information content (AvgIpc) is 3.19. The van der Waals surface area contributed by atoms with E-state index in [1.807, 2.05) is 48.5 Å². The Morgan fingerprint density at radius 3 is 2.80 bits per heavy atom. The minimum Gasteiger partial charge on any atom is -0.493 e. The summed E-state index contributed by atoms with van der Waals surface area (Å²) in [4.78, 5) is 16.6. The summed E-state index contributed by atoms with van der Waals surface area (Å²) in [5, 5.41) is 4.09. The second kappa shape index (κ2) is 12.3. The van der Waals surface area contributed by atoms with Gasteiger partial charge in [0, 0.05) is 5.56 Å². The van der Waals surface area contributed by atoms with Crippen LogP contribution in [0.4, 0.5) is 0 Å². The molecule has 30 heavy (non-hydrogen) atoms. The number of hydrazone groups is 1. The Morgan fingerprint density at radius 1 is 1.13 bits per heavy atom. The first-order valence-corrected chi connectivity index (χ1v) is 12.1. The second-order valence-electron chi connectivity index (χ2n) is 6.83. The molecule has 1 N–H and O–H groups in total. The van der Waals surface area contributed by atoms with Crippen molar-refractivity contribution in [1.82, 2.24) is 10.4 Å². The average molecular weight is 442 g/mol. The fourth-order valence-electron chi connectivity index (χ4n) is 2.85. The number of unbranched alkanes of at least 4 members (excludes halogenated alkanes) is 4. The highest BCUT2D eigenvalue weighted by Gasteiger charge is 2.07. The Bertz CT molecular complexity index is 939. The molecule has 0 bridgehead atoms. The second-order valence-corrected chi connectivity index (χ2v) is 9.08. The van der Waals surface area contributed by atoms with Gasteiger partial charge in [-0.05, 0) is 30.7 Å². The van der Waals surface area contributed by atoms with Crippen molar-refractivity contribution in [2.45, 2.75) is 43.4 Å². The fourth-order valence-corrected chi connectivity index (χ4v) is 4.71. The maximum absolute atomic E-state index is 12.1. The molecule has 0 aliphatic rings. The summed E-state index contributed by atoms with van der Waals surface area (Å²) >= 11 is 3.01. The van der Waals surface area contributed by atoms with Gasteiger partial charge in [-0.1, -0.05) is 68.6 Å². The summed E-state index contributed by atoms with van der Waals surface area (Å²) in [6, 6.07) is 15.7. The molecule has 2 aromatic carbocycles. The highest BCUT2D eigenvalue weighted by atomic mass is 32.2. The zero-order valence-electron chi connectivity index (χ0n) is 17.2. The quantitative estimate of drug-likeness (QED) is 0.165. The zero-order chi connectivity index (χ0) is 21.0. The van der Waals surface area contributed by atoms with E-state index in [4.69, 9.17) is 4.74 Å². The fraction of sp³-hybridized carbons (Fsp3) is 0.348. The molecule has 5 nitrogen and oxygen atoms in total. The van der Waals surface area contributed by atoms with Crippen molar-refractivity contribution in [2.75, 3.05) is 12.4 Å². The van der Waals surface area contributed by atoms with Crippen LogP contribution in [0.1, 0.15) is 44.6 Å². The van der Waals surface area contributed by atoms with E-state index in [1.54, 1.807) is 17.6 Å². The number of ether oxygens (including phenoxy) is 1. The molecule has 0 atom stereocenters. The highest BCUT2D eigenvalue weighted by Crippen LogP contribution is 2.29. The number of carbonyl (C=O) groups excluding carboxylic acids is 1. The number of hydrogen-bond acceptors (Lipinski definition) is 6. The smallest absolute Gasteiger partial charge is 0.250 e. The van der Waals surface area contributed by atoms with Gasteiger partial charge in [-0.25, -0.2) is 10.4 Å². The van der Waals surface area contributed by atoms with Crippen LogP contribution in [-0.2, 0) is 4.79 Å². The zero-order valence-corrected chi connectivity index (χ0v) is 18.8. The van der Waals surface area contributed by atoms with E-state index >= 15 is 0 Å². The number of benzene rings is 2. The number of para-hydroxylation sites is 2. The third-order valence-corrected chi connectivity index (χ3v) is 6.60. The van der Waals surface area contributed by atoms with E-state index in [-0.39, 0.29) is 11.7 Å². The first-order valence-electron chi connectivity index (χ1n) is 10.3. The van der Waals surface area contributed by atoms with E-state index in [1.165, 1.54) is 37.4 Å². The van der Waals surface area contributed by atoms with Crippen LogP contribution in [0.5, 0.6) is 5.75 Å². The van der Waals surface area contributed by atoms with Crippen LogP contribution in [0, 0.1) is 0 Å². The van der Waals surface area contributed by atoms with E-state index < -0.39 is 0 Å². The van der Waals surface area contributed by atoms with E-state index in [2.05, 4.69) is 22.4 Å². The number of nitrogens with one attached hydrogen (secondary N) is 1. The maximum atomic E-state index is 12.1. The van der Waals surface area contributed by atoms with Gasteiger partial charge in [-0.2, -0.15) is 5.10 Å². The molecule has 1 heterocycles. The van der Waals surface area contributed by atoms with Gasteiger partial charge in [-0.3, -0.25) is 4.79 Å². The highest BCUT2D eigenvalue weighted by molar-refractivity contribution is 8.01. The minimum absolute atomic E-state index is 0.162. The van der Waals surface area contributed by atoms with Crippen LogP contribution in [0.15, 0.2) is 58.0 Å². The van der Waals surface area contributed by atoms with Gasteiger partial charge in [0.15, 0.2) is 4.34 Å². The predicted octanol–water partition coefficient (Wildman–Crippen LogP) is 5.89. The molecule has 0 spiro atoms. The molecule has 0 saturated heterocycles. The molecular formula is C23H27N3O2S2. The number of rotatable bonds is 12. The summed E-state index contributed by atoms with van der Waals surface area (Å²) in [5.41, 5.74) is 4.40. The van der Waals surface area contributed by atoms with Crippen molar-refractivity contribution in [3.63, 3.8) is 0 Å². The lowest BCUT2D eigenvalue weighted by atomic mass is 10.2. The molecule has 0 radical (unpaired) electrons. The molecule has 7 heteroatoms. The number of thioether (sulfide) groups is 1. The molecule has 158 valence electrons. The lowest BCUT2D eigenvalue weighted by Gasteiger charge is -2.08. The van der Waals surface area contributed by atoms with Gasteiger partial charge >= 0.3 is 0 Å². The van der Waals surface area contributed by atoms with Gasteiger partial charge in [0.2, 0.25) is 0 Å². The van der Waals surface area contributed by atoms with Crippen LogP contribution in [0.25, 0.3) is 10.2 Å². The number of hydrogen-bond donors (Lipinski definition) is 1. The number of aromatic nitrogens is 1. The van der Waals surface area contributed by atoms with Gasteiger partial charge in [-0.15, -0.1) is 11.3 Å². The van der Waals surface area contributed by atoms with E-state index in [0.29, 0.717) is 6.61 Å². The van der Waals surface area contributed by atoms with Crippen LogP contribution in [0.2, 0.25) is 0 Å². The number of nitrogens with zero attached hydrogens (tertiary/aromatic N) is 2. The number of amides is 1. The molecule has 3 aromatic rings. The first-order chi connectivity index (χ1) is 14.8. The minimum atomic E-state index is -0.162. The summed E-state index contributed by atoms with van der Waals surface area (Å²) < 4.78 is 7.90. The van der Waals surface area contributed by atoms with Crippen LogP contribution >= 0.6 is 23.1 Å². The molecule has 1 aromatic heterocycles. The van der Waals surface area contributed by atoms with Crippen LogP contribution in [-0.4, -0.2) is 29.5 Å². The number of carbonyl (C=O) groups is 1. The van der Waals surface area contributed by atoms with Crippen molar-refractivity contribution in [1.29, 1.82) is 0 Å². The molecule has 0 aliphatic heterocycles. The lowest BCUT2D eigenvalue weighted by Crippen LogP contribution is -2.19. The molecule has 3 rings (SSSR count). The van der Waals surface area contributed by atoms with Crippen molar-refractivity contribution in [3.05, 3.63) is 54.1 Å². The Balaban J connectivity index is 1.43. The molecule has 0 fully saturated rings. The SMILES string of the molecule is CCCCCCCOc1ccccc1/C=N\NC(=O)CSc1nc2ccccc2s1. The largest absolute Gasteiger partial charge is 0.493 e. The van der Waals surface area contributed by atoms with E-state index in [9.17, 15) is 4.79 Å². The molecule has 0 saturated carbocycles. The van der Waals surface area contributed by atoms with Gasteiger partial charge in [0.1, 0.15) is 5.75 Å². The Morgan fingerprint density at radius 2 is 1.93 bits per heavy atom. The van der Waals surface area contributed by atoms with Crippen molar-refractivity contribution in [2.24, 2.45) is 5.10 Å². The van der Waals surface area contributed by atoms with Crippen LogP contribution in [0.3, 0.4) is 0 Å². The Labute approximate surface area is 185 Å². The standard InChI is InChI=1S/C23H27N3O2S2/c1-2-3-4-5-10-15-28-20-13-8-6-11-18(20)16-24-26-22(27)17-29-23-25-19-12-7-9-14-21(19)30-23/h6-9,11-14,16H,2-5,10,15,17H2,1H3,(H,26,27)/b24-16-. The summed E-state index contributed by atoms with van der Waals surface area (Å²) in [6.45, 7) is 2.91. The predicted molar refractivity (Wildman–Crippen MR) is 127 cm³/mol. The van der Waals surface area contributed by atoms with Crippen molar-refractivity contribution in [3.8, 4) is 5.75 Å². The molecule has 0 unspecified atom stereocenters. The first kappa shape index (κ1) is 22.3. The van der Waals surface area contributed by atoms with Crippen molar-refractivity contribution < 1.29 is 9.53 Å². The Hall–Kier alpha value is -2.38. The Kier molecular flexibility index (Phi) is 9.18. The monoisotopic (exact) mass is 441 g/mol. The topological polar surface area (TPSA) is 63.6 Å². The third-order valence-electron chi connectivity index (χ3n) is 4.42. The molecule has 0 aliphatic carbocycles. The van der Waals surface area contributed by atoms with Crippen LogP contribution < -0.4 is 10.2 Å². The maximum Gasteiger partial charge on any atom is 0.250 e. The van der Waals surface area contributed by atoms with Gasteiger partial charge in [0.05, 0.1) is 28.8 Å². The molecule has 1 amide bonds. The lowest BCUT2D eigenvalue weighted by molar-refractivity contribution is -0.118. The third kappa shape index (κ3) is 7.15. The number of fused-ring (bicyclic) bond motifs is 1. The van der Waals surface area contributed by atoms with Crippen molar-refractivity contribution >= 4 is 45.4 Å². The molecular weight excluding hydrogens is 414 g/mol. The number of thiazole rings is 1. The van der Waals surface area contributed by atoms with E-state index in [0.717, 1.165) is 32.3 Å². The normalized spacial score (nSPS) is 11.2. The van der Waals surface area contributed by atoms with Gasteiger partial charge in [0.25, 0.3) is 5.91 Å².